The molecule has 0 aromatic carbocycles. The molecule has 0 aliphatic carbocycles. The van der Waals surface area contributed by atoms with Gasteiger partial charge in [-0.1, -0.05) is 96.8 Å². The van der Waals surface area contributed by atoms with Gasteiger partial charge in [-0.05, 0) is 6.42 Å². The molecule has 0 aliphatic rings. The summed E-state index contributed by atoms with van der Waals surface area (Å²) in [6.07, 6.45) is 19.1. The molecule has 0 saturated carbocycles. The Morgan fingerprint density at radius 3 is 1.68 bits per heavy atom. The van der Waals surface area contributed by atoms with Crippen molar-refractivity contribution in [1.82, 2.24) is 0 Å². The van der Waals surface area contributed by atoms with Crippen molar-refractivity contribution >= 4 is 7.82 Å². The Hall–Kier alpha value is 0.0300. The van der Waals surface area contributed by atoms with E-state index in [1.54, 1.807) is 0 Å². The summed E-state index contributed by atoms with van der Waals surface area (Å²) < 4.78 is 22.3. The molecule has 31 heavy (non-hydrogen) atoms. The molecular formula is C24H52NO5P. The second-order valence-electron chi connectivity index (χ2n) is 10.0. The number of hydrogen-bond acceptors (Lipinski definition) is 5. The maximum atomic E-state index is 11.8. The number of quaternary nitrogens is 1. The SMILES string of the molecule is CCCCCCCCCCCCCCCCC(CO)COP(=O)([O-])OCC[N+](C)(C)C. The Labute approximate surface area is 192 Å². The maximum Gasteiger partial charge on any atom is 0.268 e. The molecule has 2 atom stereocenters. The second-order valence-corrected chi connectivity index (χ2v) is 11.4. The van der Waals surface area contributed by atoms with E-state index in [9.17, 15) is 14.6 Å². The lowest BCUT2D eigenvalue weighted by atomic mass is 10.0. The van der Waals surface area contributed by atoms with Gasteiger partial charge in [-0.25, -0.2) is 0 Å². The highest BCUT2D eigenvalue weighted by Gasteiger charge is 2.16. The highest BCUT2D eigenvalue weighted by Crippen LogP contribution is 2.38. The fourth-order valence-corrected chi connectivity index (χ4v) is 4.29. The monoisotopic (exact) mass is 465 g/mol. The fraction of sp³-hybridized carbons (Fsp3) is 1.00. The van der Waals surface area contributed by atoms with Crippen molar-refractivity contribution in [3.8, 4) is 0 Å². The van der Waals surface area contributed by atoms with Gasteiger partial charge in [0.15, 0.2) is 0 Å². The van der Waals surface area contributed by atoms with Crippen molar-refractivity contribution in [2.24, 2.45) is 5.92 Å². The summed E-state index contributed by atoms with van der Waals surface area (Å²) in [5.74, 6) is -0.151. The van der Waals surface area contributed by atoms with Crippen LogP contribution >= 0.6 is 7.82 Å². The summed E-state index contributed by atoms with van der Waals surface area (Å²) in [7, 11) is 1.62. The van der Waals surface area contributed by atoms with Crippen molar-refractivity contribution in [1.29, 1.82) is 0 Å². The zero-order chi connectivity index (χ0) is 23.4. The van der Waals surface area contributed by atoms with Crippen molar-refractivity contribution < 1.29 is 28.1 Å². The van der Waals surface area contributed by atoms with Crippen LogP contribution in [-0.2, 0) is 13.6 Å². The number of phosphoric ester groups is 1. The van der Waals surface area contributed by atoms with Crippen LogP contribution in [0.2, 0.25) is 0 Å². The number of hydrogen-bond donors (Lipinski definition) is 1. The van der Waals surface area contributed by atoms with Gasteiger partial charge in [0.1, 0.15) is 13.2 Å². The molecule has 1 N–H and O–H groups in total. The first-order valence-corrected chi connectivity index (χ1v) is 14.2. The first kappa shape index (κ1) is 31.0. The first-order valence-electron chi connectivity index (χ1n) is 12.7. The minimum atomic E-state index is -4.29. The van der Waals surface area contributed by atoms with E-state index in [0.29, 0.717) is 11.0 Å². The standard InChI is InChI=1S/C24H52NO5P/c1-5-6-7-8-9-10-11-12-13-14-15-16-17-18-19-24(22-26)23-30-31(27,28)29-21-20-25(2,3)4/h24,26H,5-23H2,1-4H3. The average molecular weight is 466 g/mol. The van der Waals surface area contributed by atoms with Gasteiger partial charge in [-0.2, -0.15) is 0 Å². The summed E-state index contributed by atoms with van der Waals surface area (Å²) in [5.41, 5.74) is 0. The van der Waals surface area contributed by atoms with Gasteiger partial charge in [-0.15, -0.1) is 0 Å². The molecule has 6 nitrogen and oxygen atoms in total. The van der Waals surface area contributed by atoms with E-state index in [0.717, 1.165) is 19.3 Å². The van der Waals surface area contributed by atoms with Gasteiger partial charge in [0, 0.05) is 12.5 Å². The smallest absolute Gasteiger partial charge is 0.268 e. The summed E-state index contributed by atoms with van der Waals surface area (Å²) in [6.45, 7) is 2.89. The third-order valence-corrected chi connectivity index (χ3v) is 6.67. The van der Waals surface area contributed by atoms with Crippen LogP contribution in [0, 0.1) is 5.92 Å². The Balaban J connectivity index is 3.59. The Morgan fingerprint density at radius 2 is 1.26 bits per heavy atom. The van der Waals surface area contributed by atoms with E-state index in [2.05, 4.69) is 6.92 Å². The van der Waals surface area contributed by atoms with Gasteiger partial charge in [0.25, 0.3) is 7.82 Å². The lowest BCUT2D eigenvalue weighted by Gasteiger charge is -2.28. The van der Waals surface area contributed by atoms with Gasteiger partial charge < -0.3 is 23.5 Å². The molecule has 0 spiro atoms. The molecule has 0 amide bonds. The van der Waals surface area contributed by atoms with E-state index >= 15 is 0 Å². The molecule has 188 valence electrons. The number of phosphoric acid groups is 1. The number of likely N-dealkylation sites (N-methyl/N-ethyl adjacent to an activating group) is 1. The minimum Gasteiger partial charge on any atom is -0.756 e. The summed E-state index contributed by atoms with van der Waals surface area (Å²) in [6, 6.07) is 0. The maximum absolute atomic E-state index is 11.8. The number of aliphatic hydroxyl groups is 1. The molecule has 0 aromatic heterocycles. The van der Waals surface area contributed by atoms with E-state index in [1.807, 2.05) is 21.1 Å². The molecular weight excluding hydrogens is 413 g/mol. The van der Waals surface area contributed by atoms with E-state index in [-0.39, 0.29) is 25.7 Å². The van der Waals surface area contributed by atoms with Crippen LogP contribution in [-0.4, -0.2) is 57.1 Å². The highest BCUT2D eigenvalue weighted by molar-refractivity contribution is 7.45. The zero-order valence-corrected chi connectivity index (χ0v) is 21.9. The third kappa shape index (κ3) is 23.0. The predicted molar refractivity (Wildman–Crippen MR) is 128 cm³/mol. The number of nitrogens with zero attached hydrogens (tertiary/aromatic N) is 1. The summed E-state index contributed by atoms with van der Waals surface area (Å²) in [5, 5.41) is 9.49. The Kier molecular flexibility index (Phi) is 19.5. The molecule has 0 bridgehead atoms. The van der Waals surface area contributed by atoms with Crippen molar-refractivity contribution in [3.05, 3.63) is 0 Å². The van der Waals surface area contributed by atoms with Crippen molar-refractivity contribution in [2.45, 2.75) is 103 Å². The number of unbranched alkanes of at least 4 members (excludes halogenated alkanes) is 13. The topological polar surface area (TPSA) is 78.8 Å². The molecule has 0 rings (SSSR count). The molecule has 0 radical (unpaired) electrons. The quantitative estimate of drug-likeness (QED) is 0.119. The van der Waals surface area contributed by atoms with Crippen LogP contribution in [0.4, 0.5) is 0 Å². The normalized spacial score (nSPS) is 15.2. The van der Waals surface area contributed by atoms with E-state index in [4.69, 9.17) is 9.05 Å². The molecule has 0 fully saturated rings. The van der Waals surface area contributed by atoms with Crippen molar-refractivity contribution in [3.63, 3.8) is 0 Å². The fourth-order valence-electron chi connectivity index (χ4n) is 3.52. The van der Waals surface area contributed by atoms with Crippen LogP contribution in [0.25, 0.3) is 0 Å². The third-order valence-electron chi connectivity index (χ3n) is 5.70. The average Bonchev–Trinajstić information content (AvgIpc) is 2.69. The molecule has 0 aliphatic heterocycles. The molecule has 2 unspecified atom stereocenters. The van der Waals surface area contributed by atoms with Crippen LogP contribution in [0.3, 0.4) is 0 Å². The first-order chi connectivity index (χ1) is 14.7. The van der Waals surface area contributed by atoms with Crippen LogP contribution < -0.4 is 4.89 Å². The Morgan fingerprint density at radius 1 is 0.806 bits per heavy atom. The van der Waals surface area contributed by atoms with E-state index in [1.165, 1.54) is 77.0 Å². The van der Waals surface area contributed by atoms with Crippen LogP contribution in [0.5, 0.6) is 0 Å². The largest absolute Gasteiger partial charge is 0.756 e. The number of aliphatic hydroxyl groups excluding tert-OH is 1. The van der Waals surface area contributed by atoms with Gasteiger partial charge in [-0.3, -0.25) is 4.57 Å². The minimum absolute atomic E-state index is 0.0000965. The van der Waals surface area contributed by atoms with Crippen LogP contribution in [0.1, 0.15) is 103 Å². The Bertz CT molecular complexity index is 442. The predicted octanol–water partition coefficient (Wildman–Crippen LogP) is 5.67. The summed E-state index contributed by atoms with van der Waals surface area (Å²) >= 11 is 0. The van der Waals surface area contributed by atoms with E-state index < -0.39 is 7.82 Å². The van der Waals surface area contributed by atoms with Crippen LogP contribution in [0.15, 0.2) is 0 Å². The molecule has 0 heterocycles. The highest BCUT2D eigenvalue weighted by atomic mass is 31.2. The zero-order valence-electron chi connectivity index (χ0n) is 21.0. The number of rotatable bonds is 23. The van der Waals surface area contributed by atoms with Gasteiger partial charge in [0.05, 0.1) is 27.7 Å². The van der Waals surface area contributed by atoms with Gasteiger partial charge in [0.2, 0.25) is 0 Å². The lowest BCUT2D eigenvalue weighted by Crippen LogP contribution is -2.37. The molecule has 0 aromatic rings. The lowest BCUT2D eigenvalue weighted by molar-refractivity contribution is -0.870. The molecule has 7 heteroatoms. The molecule has 0 saturated heterocycles. The second kappa shape index (κ2) is 19.5. The van der Waals surface area contributed by atoms with Crippen molar-refractivity contribution in [2.75, 3.05) is 47.5 Å². The van der Waals surface area contributed by atoms with Gasteiger partial charge >= 0.3 is 0 Å². The summed E-state index contributed by atoms with van der Waals surface area (Å²) in [4.78, 5) is 11.8.